The lowest BCUT2D eigenvalue weighted by Gasteiger charge is -2.10. The summed E-state index contributed by atoms with van der Waals surface area (Å²) < 4.78 is 4.77. The number of nitrogens with zero attached hydrogens (tertiary/aromatic N) is 1. The highest BCUT2D eigenvalue weighted by Crippen LogP contribution is 2.29. The minimum absolute atomic E-state index is 0.0875. The Bertz CT molecular complexity index is 637. The first-order chi connectivity index (χ1) is 10.0. The number of aliphatic carboxylic acids is 1. The molecule has 0 aliphatic heterocycles. The zero-order chi connectivity index (χ0) is 15.4. The molecule has 2 rings (SSSR count). The Morgan fingerprint density at radius 1 is 1.52 bits per heavy atom. The second-order valence-electron chi connectivity index (χ2n) is 4.22. The van der Waals surface area contributed by atoms with E-state index in [2.05, 4.69) is 10.3 Å². The first kappa shape index (κ1) is 15.6. The number of hydrogen-bond donors (Lipinski definition) is 2. The first-order valence-electron chi connectivity index (χ1n) is 6.06. The van der Waals surface area contributed by atoms with Crippen LogP contribution in [0.2, 0.25) is 0 Å². The number of nitrogens with one attached hydrogen (secondary N) is 1. The minimum atomic E-state index is -1.11. The smallest absolute Gasteiger partial charge is 0.334 e. The third kappa shape index (κ3) is 3.66. The van der Waals surface area contributed by atoms with E-state index in [0.29, 0.717) is 10.6 Å². The molecule has 0 aliphatic carbocycles. The second-order valence-corrected chi connectivity index (χ2v) is 6.00. The minimum Gasteiger partial charge on any atom is -0.479 e. The number of thiazole rings is 1. The van der Waals surface area contributed by atoms with Gasteiger partial charge in [0.05, 0.1) is 12.2 Å². The molecule has 2 aromatic rings. The molecule has 2 aromatic heterocycles. The molecule has 0 bridgehead atoms. The molecule has 1 unspecified atom stereocenters. The first-order valence-corrected chi connectivity index (χ1v) is 7.82. The summed E-state index contributed by atoms with van der Waals surface area (Å²) >= 11 is 2.85. The van der Waals surface area contributed by atoms with Crippen LogP contribution in [0.3, 0.4) is 0 Å². The van der Waals surface area contributed by atoms with Gasteiger partial charge in [-0.15, -0.1) is 11.3 Å². The Morgan fingerprint density at radius 3 is 2.86 bits per heavy atom. The van der Waals surface area contributed by atoms with Crippen molar-refractivity contribution >= 4 is 34.6 Å². The Hall–Kier alpha value is -1.77. The predicted octanol–water partition coefficient (Wildman–Crippen LogP) is 2.01. The van der Waals surface area contributed by atoms with E-state index < -0.39 is 12.1 Å². The molecule has 6 nitrogen and oxygen atoms in total. The second kappa shape index (κ2) is 6.79. The quantitative estimate of drug-likeness (QED) is 0.848. The molecule has 112 valence electrons. The molecule has 2 N–H and O–H groups in total. The molecule has 0 aliphatic rings. The number of thiophene rings is 1. The number of methoxy groups -OCH3 is 1. The molecule has 8 heteroatoms. The van der Waals surface area contributed by atoms with Crippen molar-refractivity contribution in [1.82, 2.24) is 10.3 Å². The number of hydrogen-bond acceptors (Lipinski definition) is 6. The average molecular weight is 326 g/mol. The summed E-state index contributed by atoms with van der Waals surface area (Å²) in [6.45, 7) is 1.67. The number of carbonyl (C=O) groups excluding carboxylic acids is 1. The molecule has 0 saturated heterocycles. The zero-order valence-corrected chi connectivity index (χ0v) is 13.1. The van der Waals surface area contributed by atoms with Gasteiger partial charge in [-0.25, -0.2) is 9.78 Å². The van der Waals surface area contributed by atoms with Crippen LogP contribution in [0.25, 0.3) is 10.6 Å². The molecule has 1 amide bonds. The van der Waals surface area contributed by atoms with Crippen molar-refractivity contribution in [1.29, 1.82) is 0 Å². The summed E-state index contributed by atoms with van der Waals surface area (Å²) in [7, 11) is 1.29. The summed E-state index contributed by atoms with van der Waals surface area (Å²) in [5.74, 6) is -1.45. The fraction of sp³-hybridized carbons (Fsp3) is 0.308. The summed E-state index contributed by atoms with van der Waals surface area (Å²) in [5.41, 5.74) is 1.61. The van der Waals surface area contributed by atoms with Crippen molar-refractivity contribution in [3.05, 3.63) is 27.4 Å². The number of carbonyl (C=O) groups is 2. The predicted molar refractivity (Wildman–Crippen MR) is 80.9 cm³/mol. The van der Waals surface area contributed by atoms with Crippen molar-refractivity contribution in [3.63, 3.8) is 0 Å². The normalized spacial score (nSPS) is 12.1. The van der Waals surface area contributed by atoms with Crippen molar-refractivity contribution in [2.75, 3.05) is 13.7 Å². The van der Waals surface area contributed by atoms with Crippen LogP contribution in [0.15, 0.2) is 16.8 Å². The van der Waals surface area contributed by atoms with Gasteiger partial charge in [0.15, 0.2) is 6.10 Å². The van der Waals surface area contributed by atoms with Crippen LogP contribution in [0.5, 0.6) is 0 Å². The van der Waals surface area contributed by atoms with Gasteiger partial charge in [0.1, 0.15) is 9.88 Å². The van der Waals surface area contributed by atoms with Gasteiger partial charge in [-0.05, 0) is 18.4 Å². The van der Waals surface area contributed by atoms with Crippen LogP contribution in [-0.2, 0) is 9.53 Å². The molecule has 1 atom stereocenters. The van der Waals surface area contributed by atoms with Gasteiger partial charge in [-0.2, -0.15) is 11.3 Å². The molecule has 0 saturated carbocycles. The number of carboxylic acids is 1. The van der Waals surface area contributed by atoms with Gasteiger partial charge >= 0.3 is 5.97 Å². The van der Waals surface area contributed by atoms with Crippen LogP contribution in [-0.4, -0.2) is 41.7 Å². The van der Waals surface area contributed by atoms with E-state index in [1.807, 2.05) is 16.8 Å². The maximum atomic E-state index is 12.1. The number of amides is 1. The Kier molecular flexibility index (Phi) is 5.05. The van der Waals surface area contributed by atoms with Crippen molar-refractivity contribution in [3.8, 4) is 10.6 Å². The van der Waals surface area contributed by atoms with Gasteiger partial charge < -0.3 is 15.2 Å². The largest absolute Gasteiger partial charge is 0.479 e. The van der Waals surface area contributed by atoms with E-state index in [4.69, 9.17) is 9.84 Å². The highest BCUT2D eigenvalue weighted by molar-refractivity contribution is 7.17. The third-order valence-electron chi connectivity index (χ3n) is 2.78. The highest BCUT2D eigenvalue weighted by atomic mass is 32.1. The summed E-state index contributed by atoms with van der Waals surface area (Å²) in [6.07, 6.45) is -1.06. The molecule has 0 fully saturated rings. The standard InChI is InChI=1S/C13H14N2O4S2/c1-7-10(11(16)14-5-9(19-2)13(17)18)21-12(15-7)8-3-4-20-6-8/h3-4,6,9H,5H2,1-2H3,(H,14,16)(H,17,18). The maximum absolute atomic E-state index is 12.1. The molecular weight excluding hydrogens is 312 g/mol. The lowest BCUT2D eigenvalue weighted by molar-refractivity contribution is -0.147. The Morgan fingerprint density at radius 2 is 2.29 bits per heavy atom. The summed E-state index contributed by atoms with van der Waals surface area (Å²) in [4.78, 5) is 27.8. The van der Waals surface area contributed by atoms with Gasteiger partial charge in [0.2, 0.25) is 0 Å². The summed E-state index contributed by atoms with van der Waals surface area (Å²) in [6, 6.07) is 1.94. The van der Waals surface area contributed by atoms with Crippen molar-refractivity contribution in [2.24, 2.45) is 0 Å². The monoisotopic (exact) mass is 326 g/mol. The third-order valence-corrected chi connectivity index (χ3v) is 4.67. The number of ether oxygens (including phenoxy) is 1. The molecule has 0 spiro atoms. The SMILES string of the molecule is COC(CNC(=O)c1sc(-c2ccsc2)nc1C)C(=O)O. The van der Waals surface area contributed by atoms with E-state index in [1.54, 1.807) is 18.3 Å². The average Bonchev–Trinajstić information content (AvgIpc) is 3.07. The fourth-order valence-electron chi connectivity index (χ4n) is 1.65. The van der Waals surface area contributed by atoms with Crippen molar-refractivity contribution < 1.29 is 19.4 Å². The number of rotatable bonds is 6. The number of carboxylic acid groups (broad SMARTS) is 1. The van der Waals surface area contributed by atoms with Gasteiger partial charge in [0, 0.05) is 18.1 Å². The van der Waals surface area contributed by atoms with E-state index >= 15 is 0 Å². The fourth-order valence-corrected chi connectivity index (χ4v) is 3.35. The molecule has 0 aromatic carbocycles. The van der Waals surface area contributed by atoms with Gasteiger partial charge in [0.25, 0.3) is 5.91 Å². The van der Waals surface area contributed by atoms with Crippen LogP contribution in [0.1, 0.15) is 15.4 Å². The number of aryl methyl sites for hydroxylation is 1. The topological polar surface area (TPSA) is 88.5 Å². The van der Waals surface area contributed by atoms with Gasteiger partial charge in [-0.3, -0.25) is 4.79 Å². The molecule has 0 radical (unpaired) electrons. The lowest BCUT2D eigenvalue weighted by atomic mass is 10.3. The maximum Gasteiger partial charge on any atom is 0.334 e. The van der Waals surface area contributed by atoms with E-state index in [-0.39, 0.29) is 12.5 Å². The van der Waals surface area contributed by atoms with Crippen LogP contribution in [0, 0.1) is 6.92 Å². The van der Waals surface area contributed by atoms with Crippen LogP contribution in [0.4, 0.5) is 0 Å². The van der Waals surface area contributed by atoms with Crippen molar-refractivity contribution in [2.45, 2.75) is 13.0 Å². The van der Waals surface area contributed by atoms with E-state index in [0.717, 1.165) is 10.6 Å². The zero-order valence-electron chi connectivity index (χ0n) is 11.5. The molecule has 21 heavy (non-hydrogen) atoms. The Labute approximate surface area is 129 Å². The molecule has 2 heterocycles. The lowest BCUT2D eigenvalue weighted by Crippen LogP contribution is -2.37. The Balaban J connectivity index is 2.08. The van der Waals surface area contributed by atoms with E-state index in [9.17, 15) is 9.59 Å². The number of aromatic nitrogens is 1. The summed E-state index contributed by atoms with van der Waals surface area (Å²) in [5, 5.41) is 16.1. The molecular formula is C13H14N2O4S2. The van der Waals surface area contributed by atoms with Crippen LogP contribution < -0.4 is 5.32 Å². The highest BCUT2D eigenvalue weighted by Gasteiger charge is 2.20. The van der Waals surface area contributed by atoms with E-state index in [1.165, 1.54) is 18.4 Å². The van der Waals surface area contributed by atoms with Crippen LogP contribution >= 0.6 is 22.7 Å². The van der Waals surface area contributed by atoms with Gasteiger partial charge in [-0.1, -0.05) is 0 Å².